The molecule has 0 saturated carbocycles. The van der Waals surface area contributed by atoms with Crippen molar-refractivity contribution < 1.29 is 38.1 Å². The van der Waals surface area contributed by atoms with Gasteiger partial charge in [-0.1, -0.05) is 0 Å². The normalized spacial score (nSPS) is 11.2. The fourth-order valence-corrected chi connectivity index (χ4v) is 7.10. The highest BCUT2D eigenvalue weighted by Crippen LogP contribution is 2.33. The molecule has 14 nitrogen and oxygen atoms in total. The van der Waals surface area contributed by atoms with Gasteiger partial charge in [-0.3, -0.25) is 29.8 Å². The molecule has 0 radical (unpaired) electrons. The fraction of sp³-hybridized carbons (Fsp3) is 0.333. The second-order valence-electron chi connectivity index (χ2n) is 13.6. The zero-order chi connectivity index (χ0) is 40.3. The van der Waals surface area contributed by atoms with Crippen molar-refractivity contribution >= 4 is 45.6 Å². The molecule has 0 aliphatic rings. The molecule has 2 aromatic carbocycles. The highest BCUT2D eigenvalue weighted by Gasteiger charge is 2.25. The zero-order valence-electron chi connectivity index (χ0n) is 33.1. The summed E-state index contributed by atoms with van der Waals surface area (Å²) >= 11 is 0. The number of aromatic nitrogens is 4. The number of ether oxygens (including phenoxy) is 4. The van der Waals surface area contributed by atoms with Crippen LogP contribution in [-0.2, 0) is 32.2 Å². The predicted molar refractivity (Wildman–Crippen MR) is 213 cm³/mol. The summed E-state index contributed by atoms with van der Waals surface area (Å²) in [4.78, 5) is 52.2. The molecule has 0 unspecified atom stereocenters. The van der Waals surface area contributed by atoms with Crippen molar-refractivity contribution in [3.8, 4) is 11.5 Å². The molecule has 56 heavy (non-hydrogen) atoms. The molecule has 4 aromatic heterocycles. The van der Waals surface area contributed by atoms with E-state index in [-0.39, 0.29) is 38.2 Å². The first-order valence-electron chi connectivity index (χ1n) is 18.6. The van der Waals surface area contributed by atoms with Gasteiger partial charge in [-0.2, -0.15) is 0 Å². The van der Waals surface area contributed by atoms with E-state index in [4.69, 9.17) is 18.9 Å². The molecule has 2 amide bonds. The summed E-state index contributed by atoms with van der Waals surface area (Å²) in [6, 6.07) is 18.4. The van der Waals surface area contributed by atoms with Crippen LogP contribution in [0, 0.1) is 41.5 Å². The van der Waals surface area contributed by atoms with Crippen molar-refractivity contribution in [1.82, 2.24) is 18.5 Å². The molecule has 0 aliphatic heterocycles. The van der Waals surface area contributed by atoms with Crippen molar-refractivity contribution in [3.63, 3.8) is 0 Å². The monoisotopic (exact) mass is 764 g/mol. The van der Waals surface area contributed by atoms with Gasteiger partial charge in [-0.05, 0) is 116 Å². The highest BCUT2D eigenvalue weighted by molar-refractivity contribution is 6.07. The van der Waals surface area contributed by atoms with Crippen LogP contribution < -0.4 is 20.3 Å². The Labute approximate surface area is 324 Å². The molecule has 0 bridgehead atoms. The maximum absolute atomic E-state index is 13.4. The zero-order valence-corrected chi connectivity index (χ0v) is 33.1. The van der Waals surface area contributed by atoms with Crippen LogP contribution in [0.3, 0.4) is 0 Å². The minimum absolute atomic E-state index is 0.202. The van der Waals surface area contributed by atoms with Crippen LogP contribution in [0.15, 0.2) is 60.7 Å². The number of hydrogen-bond donors (Lipinski definition) is 2. The maximum atomic E-state index is 13.4. The van der Waals surface area contributed by atoms with Gasteiger partial charge >= 0.3 is 11.9 Å². The van der Waals surface area contributed by atoms with E-state index in [9.17, 15) is 19.2 Å². The van der Waals surface area contributed by atoms with Gasteiger partial charge in [0.15, 0.2) is 13.2 Å². The molecule has 0 fully saturated rings. The van der Waals surface area contributed by atoms with Crippen molar-refractivity contribution in [2.24, 2.45) is 0 Å². The Morgan fingerprint density at radius 1 is 0.536 bits per heavy atom. The summed E-state index contributed by atoms with van der Waals surface area (Å²) in [7, 11) is 0. The lowest BCUT2D eigenvalue weighted by molar-refractivity contribution is -0.119. The second kappa shape index (κ2) is 16.5. The van der Waals surface area contributed by atoms with Crippen LogP contribution in [0.2, 0.25) is 0 Å². The van der Waals surface area contributed by atoms with Gasteiger partial charge in [-0.25, -0.2) is 9.59 Å². The van der Waals surface area contributed by atoms with Crippen molar-refractivity contribution in [2.45, 2.75) is 68.5 Å². The summed E-state index contributed by atoms with van der Waals surface area (Å²) in [6.45, 7) is 15.6. The number of aryl methyl sites for hydroxylation is 6. The molecule has 0 aliphatic carbocycles. The van der Waals surface area contributed by atoms with E-state index >= 15 is 0 Å². The van der Waals surface area contributed by atoms with Crippen LogP contribution in [0.1, 0.15) is 68.7 Å². The van der Waals surface area contributed by atoms with Gasteiger partial charge in [0.25, 0.3) is 11.8 Å². The SMILES string of the molecule is CCOC(=O)c1c(C)n(CCn2c(C)c(C(=O)OCC)c3cc(OCC(=O)Nn4c(C)ccc4C)ccc32)c2ccc(OCC(=O)Nn3c(C)ccc3C)cc12. The molecular weight excluding hydrogens is 716 g/mol. The fourth-order valence-electron chi connectivity index (χ4n) is 7.10. The smallest absolute Gasteiger partial charge is 0.340 e. The van der Waals surface area contributed by atoms with Gasteiger partial charge in [-0.15, -0.1) is 0 Å². The Balaban J connectivity index is 1.26. The summed E-state index contributed by atoms with van der Waals surface area (Å²) in [5.41, 5.74) is 13.0. The number of hydrogen-bond acceptors (Lipinski definition) is 8. The number of benzene rings is 2. The molecule has 6 rings (SSSR count). The number of carbonyl (C=O) groups is 4. The molecule has 0 spiro atoms. The lowest BCUT2D eigenvalue weighted by Gasteiger charge is -2.14. The standard InChI is InChI=1S/C42H48N6O8/c1-9-53-41(51)39-29(7)45(35-17-15-31(21-33(35)39)55-23-37(49)43-47-25(3)11-12-26(47)4)19-20-46-30(8)40(42(52)54-10-2)34-22-32(16-18-36(34)46)56-24-38(50)44-48-27(5)13-14-28(48)6/h11-18,21-22H,9-10,19-20,23-24H2,1-8H3,(H,43,49)(H,44,50). The first-order valence-corrected chi connectivity index (χ1v) is 18.6. The number of nitrogens with zero attached hydrogens (tertiary/aromatic N) is 4. The number of esters is 2. The number of nitrogens with one attached hydrogen (secondary N) is 2. The van der Waals surface area contributed by atoms with E-state index in [2.05, 4.69) is 10.9 Å². The van der Waals surface area contributed by atoms with Crippen LogP contribution in [0.5, 0.6) is 11.5 Å². The Morgan fingerprint density at radius 3 is 1.23 bits per heavy atom. The number of amides is 2. The summed E-state index contributed by atoms with van der Waals surface area (Å²) in [5, 5.41) is 1.26. The third-order valence-corrected chi connectivity index (χ3v) is 9.85. The molecule has 2 N–H and O–H groups in total. The Bertz CT molecular complexity index is 2250. The van der Waals surface area contributed by atoms with Crippen LogP contribution in [-0.4, -0.2) is 68.7 Å². The molecule has 0 atom stereocenters. The van der Waals surface area contributed by atoms with Gasteiger partial charge in [0.2, 0.25) is 0 Å². The van der Waals surface area contributed by atoms with E-state index in [1.54, 1.807) is 47.5 Å². The Morgan fingerprint density at radius 2 is 0.893 bits per heavy atom. The first-order chi connectivity index (χ1) is 26.8. The van der Waals surface area contributed by atoms with E-state index in [1.165, 1.54) is 0 Å². The van der Waals surface area contributed by atoms with Gasteiger partial charge < -0.3 is 28.1 Å². The molecular formula is C42H48N6O8. The van der Waals surface area contributed by atoms with Crippen LogP contribution in [0.4, 0.5) is 0 Å². The lowest BCUT2D eigenvalue weighted by Crippen LogP contribution is -2.29. The topological polar surface area (TPSA) is 149 Å². The molecule has 14 heteroatoms. The average molecular weight is 765 g/mol. The molecule has 0 saturated heterocycles. The Kier molecular flexibility index (Phi) is 11.6. The number of rotatable bonds is 15. The largest absolute Gasteiger partial charge is 0.484 e. The van der Waals surface area contributed by atoms with E-state index in [0.717, 1.165) is 33.8 Å². The van der Waals surface area contributed by atoms with Gasteiger partial charge in [0, 0.05) is 69.1 Å². The summed E-state index contributed by atoms with van der Waals surface area (Å²) in [6.07, 6.45) is 0. The summed E-state index contributed by atoms with van der Waals surface area (Å²) < 4.78 is 30.2. The van der Waals surface area contributed by atoms with Crippen molar-refractivity contribution in [1.29, 1.82) is 0 Å². The van der Waals surface area contributed by atoms with E-state index < -0.39 is 11.9 Å². The molecule has 294 valence electrons. The maximum Gasteiger partial charge on any atom is 0.340 e. The van der Waals surface area contributed by atoms with Crippen LogP contribution in [0.25, 0.3) is 21.8 Å². The number of carbonyl (C=O) groups excluding carboxylic acids is 4. The minimum atomic E-state index is -0.464. The molecule has 6 aromatic rings. The Hall–Kier alpha value is -6.44. The van der Waals surface area contributed by atoms with Crippen molar-refractivity contribution in [2.75, 3.05) is 37.3 Å². The second-order valence-corrected chi connectivity index (χ2v) is 13.6. The third kappa shape index (κ3) is 7.86. The van der Waals surface area contributed by atoms with E-state index in [0.29, 0.717) is 57.9 Å². The average Bonchev–Trinajstić information content (AvgIpc) is 3.84. The quantitative estimate of drug-likeness (QED) is 0.114. The predicted octanol–water partition coefficient (Wildman–Crippen LogP) is 6.40. The van der Waals surface area contributed by atoms with Crippen molar-refractivity contribution in [3.05, 3.63) is 106 Å². The van der Waals surface area contributed by atoms with Gasteiger partial charge in [0.1, 0.15) is 11.5 Å². The van der Waals surface area contributed by atoms with Gasteiger partial charge in [0.05, 0.1) is 24.3 Å². The van der Waals surface area contributed by atoms with Crippen LogP contribution >= 0.6 is 0 Å². The highest BCUT2D eigenvalue weighted by atomic mass is 16.5. The third-order valence-electron chi connectivity index (χ3n) is 9.85. The minimum Gasteiger partial charge on any atom is -0.484 e. The first kappa shape index (κ1) is 39.3. The number of fused-ring (bicyclic) bond motifs is 2. The lowest BCUT2D eigenvalue weighted by atomic mass is 10.1. The molecule has 4 heterocycles. The van der Waals surface area contributed by atoms with E-state index in [1.807, 2.05) is 87.1 Å². The summed E-state index contributed by atoms with van der Waals surface area (Å²) in [5.74, 6) is -0.735.